The molecule has 0 aliphatic rings. The van der Waals surface area contributed by atoms with E-state index in [1.165, 1.54) is 30.3 Å². The Morgan fingerprint density at radius 1 is 0.906 bits per heavy atom. The molecule has 1 N–H and O–H groups in total. The molecule has 0 unspecified atom stereocenters. The van der Waals surface area contributed by atoms with E-state index < -0.39 is 39.0 Å². The predicted molar refractivity (Wildman–Crippen MR) is 113 cm³/mol. The van der Waals surface area contributed by atoms with Crippen LogP contribution in [0.2, 0.25) is 0 Å². The summed E-state index contributed by atoms with van der Waals surface area (Å²) >= 11 is 0. The van der Waals surface area contributed by atoms with Crippen LogP contribution in [0.5, 0.6) is 5.75 Å². The summed E-state index contributed by atoms with van der Waals surface area (Å²) < 4.78 is 72.5. The van der Waals surface area contributed by atoms with Gasteiger partial charge in [-0.2, -0.15) is 13.2 Å². The van der Waals surface area contributed by atoms with Crippen molar-refractivity contribution >= 4 is 21.5 Å². The fourth-order valence-corrected chi connectivity index (χ4v) is 4.84. The Morgan fingerprint density at radius 3 is 2.09 bits per heavy atom. The molecule has 0 aliphatic carbocycles. The van der Waals surface area contributed by atoms with Crippen LogP contribution in [0.3, 0.4) is 0 Å². The molecule has 5 nitrogen and oxygen atoms in total. The minimum absolute atomic E-state index is 0.294. The Kier molecular flexibility index (Phi) is 6.59. The van der Waals surface area contributed by atoms with Crippen molar-refractivity contribution in [3.8, 4) is 5.75 Å². The highest BCUT2D eigenvalue weighted by Crippen LogP contribution is 2.40. The first kappa shape index (κ1) is 23.3. The summed E-state index contributed by atoms with van der Waals surface area (Å²) in [6, 6.07) is 15.0. The summed E-state index contributed by atoms with van der Waals surface area (Å²) in [5, 5.41) is 2.51. The third-order valence-corrected chi connectivity index (χ3v) is 6.56. The van der Waals surface area contributed by atoms with Crippen molar-refractivity contribution in [1.29, 1.82) is 0 Å². The van der Waals surface area contributed by atoms with Crippen LogP contribution in [-0.2, 0) is 20.8 Å². The number of ether oxygens (including phenoxy) is 1. The summed E-state index contributed by atoms with van der Waals surface area (Å²) in [5.41, 5.74) is -0.244. The molecule has 0 bridgehead atoms. The Hall–Kier alpha value is -3.33. The molecule has 0 atom stereocenters. The monoisotopic (exact) mass is 463 g/mol. The van der Waals surface area contributed by atoms with E-state index in [9.17, 15) is 26.4 Å². The molecule has 3 rings (SSSR count). The molecule has 0 radical (unpaired) electrons. The largest absolute Gasteiger partial charge is 0.425 e. The molecule has 3 aromatic rings. The van der Waals surface area contributed by atoms with E-state index in [-0.39, 0.29) is 10.6 Å². The van der Waals surface area contributed by atoms with Crippen LogP contribution in [0.1, 0.15) is 16.7 Å². The number of hydrogen-bond acceptors (Lipinski definition) is 5. The van der Waals surface area contributed by atoms with E-state index in [1.807, 2.05) is 0 Å². The third-order valence-electron chi connectivity index (χ3n) is 4.69. The summed E-state index contributed by atoms with van der Waals surface area (Å²) in [6.45, 7) is 2.97. The van der Waals surface area contributed by atoms with Crippen LogP contribution in [-0.4, -0.2) is 20.9 Å². The molecule has 0 fully saturated rings. The number of hydrogen-bond donors (Lipinski definition) is 1. The number of anilines is 1. The number of rotatable bonds is 6. The van der Waals surface area contributed by atoms with Gasteiger partial charge in [0.25, 0.3) is 0 Å². The van der Waals surface area contributed by atoms with E-state index in [2.05, 4.69) is 5.32 Å². The zero-order chi connectivity index (χ0) is 23.5. The number of aryl methyl sites for hydroxylation is 2. The lowest BCUT2D eigenvalue weighted by atomic mass is 10.1. The number of sulfone groups is 1. The first-order chi connectivity index (χ1) is 15.0. The number of benzene rings is 3. The molecule has 0 saturated carbocycles. The lowest BCUT2D eigenvalue weighted by molar-refractivity contribution is -0.139. The number of alkyl halides is 3. The molecule has 0 aliphatic heterocycles. The smallest absolute Gasteiger partial charge is 0.417 e. The van der Waals surface area contributed by atoms with Crippen molar-refractivity contribution in [1.82, 2.24) is 0 Å². The van der Waals surface area contributed by atoms with Gasteiger partial charge < -0.3 is 10.1 Å². The highest BCUT2D eigenvalue weighted by Gasteiger charge is 2.39. The molecule has 168 valence electrons. The lowest BCUT2D eigenvalue weighted by Crippen LogP contribution is -2.22. The van der Waals surface area contributed by atoms with Crippen molar-refractivity contribution in [3.63, 3.8) is 0 Å². The number of halogens is 3. The molecule has 0 spiro atoms. The minimum atomic E-state index is -4.92. The van der Waals surface area contributed by atoms with Gasteiger partial charge in [0.1, 0.15) is 17.2 Å². The van der Waals surface area contributed by atoms with Gasteiger partial charge in [-0.15, -0.1) is 0 Å². The fourth-order valence-electron chi connectivity index (χ4n) is 3.18. The van der Waals surface area contributed by atoms with Gasteiger partial charge in [0.2, 0.25) is 9.84 Å². The van der Waals surface area contributed by atoms with Gasteiger partial charge in [-0.3, -0.25) is 0 Å². The van der Waals surface area contributed by atoms with Gasteiger partial charge in [-0.05, 0) is 49.2 Å². The van der Waals surface area contributed by atoms with Crippen LogP contribution < -0.4 is 10.1 Å². The number of nitrogens with one attached hydrogen (secondary N) is 1. The zero-order valence-corrected chi connectivity index (χ0v) is 18.0. The second kappa shape index (κ2) is 9.04. The molecule has 3 aromatic carbocycles. The van der Waals surface area contributed by atoms with Crippen molar-refractivity contribution < 1.29 is 31.1 Å². The molecule has 32 heavy (non-hydrogen) atoms. The fraction of sp³-hybridized carbons (Fsp3) is 0.174. The van der Waals surface area contributed by atoms with Crippen LogP contribution in [0.25, 0.3) is 0 Å². The third kappa shape index (κ3) is 4.94. The maximum Gasteiger partial charge on any atom is 0.417 e. The van der Waals surface area contributed by atoms with Gasteiger partial charge in [0.05, 0.1) is 16.1 Å². The molecular formula is C23H20F3NO4S. The average Bonchev–Trinajstić information content (AvgIpc) is 2.74. The van der Waals surface area contributed by atoms with Gasteiger partial charge in [-0.25, -0.2) is 13.2 Å². The molecule has 0 saturated heterocycles. The summed E-state index contributed by atoms with van der Waals surface area (Å²) in [4.78, 5) is 11.1. The molecule has 0 aromatic heterocycles. The molecule has 0 amide bonds. The molecule has 0 heterocycles. The number of carbonyl (C=O) groups excluding carboxylic acids is 1. The van der Waals surface area contributed by atoms with Gasteiger partial charge in [0, 0.05) is 0 Å². The molecular weight excluding hydrogens is 443 g/mol. The van der Waals surface area contributed by atoms with E-state index in [0.29, 0.717) is 22.9 Å². The first-order valence-corrected chi connectivity index (χ1v) is 11.0. The summed E-state index contributed by atoms with van der Waals surface area (Å²) in [6.07, 6.45) is -4.92. The molecule has 9 heteroatoms. The van der Waals surface area contributed by atoms with Crippen molar-refractivity contribution in [2.75, 3.05) is 11.9 Å². The average molecular weight is 463 g/mol. The SMILES string of the molecule is Cc1cccc(C)c1OC(=O)CNc1cccc(C(F)(F)F)c1S(=O)(=O)c1ccccc1. The van der Waals surface area contributed by atoms with Gasteiger partial charge in [0.15, 0.2) is 0 Å². The van der Waals surface area contributed by atoms with Gasteiger partial charge >= 0.3 is 12.1 Å². The first-order valence-electron chi connectivity index (χ1n) is 9.53. The number of esters is 1. The lowest BCUT2D eigenvalue weighted by Gasteiger charge is -2.18. The highest BCUT2D eigenvalue weighted by molar-refractivity contribution is 7.91. The van der Waals surface area contributed by atoms with Crippen molar-refractivity contribution in [2.24, 2.45) is 0 Å². The minimum Gasteiger partial charge on any atom is -0.425 e. The Morgan fingerprint density at radius 2 is 1.50 bits per heavy atom. The van der Waals surface area contributed by atoms with Crippen molar-refractivity contribution in [2.45, 2.75) is 29.8 Å². The maximum absolute atomic E-state index is 13.7. The summed E-state index contributed by atoms with van der Waals surface area (Å²) in [7, 11) is -4.54. The van der Waals surface area contributed by atoms with E-state index in [0.717, 1.165) is 6.07 Å². The van der Waals surface area contributed by atoms with Gasteiger partial charge in [-0.1, -0.05) is 42.5 Å². The van der Waals surface area contributed by atoms with Crippen LogP contribution >= 0.6 is 0 Å². The predicted octanol–water partition coefficient (Wildman–Crippen LogP) is 5.17. The zero-order valence-electron chi connectivity index (χ0n) is 17.2. The van der Waals surface area contributed by atoms with E-state index in [1.54, 1.807) is 38.1 Å². The normalized spacial score (nSPS) is 11.8. The Labute approximate surface area is 183 Å². The second-order valence-corrected chi connectivity index (χ2v) is 8.93. The van der Waals surface area contributed by atoms with E-state index >= 15 is 0 Å². The topological polar surface area (TPSA) is 72.5 Å². The van der Waals surface area contributed by atoms with E-state index in [4.69, 9.17) is 4.74 Å². The van der Waals surface area contributed by atoms with Crippen molar-refractivity contribution in [3.05, 3.63) is 83.4 Å². The maximum atomic E-state index is 13.7. The van der Waals surface area contributed by atoms with Crippen LogP contribution in [0.15, 0.2) is 76.5 Å². The quantitative estimate of drug-likeness (QED) is 0.403. The second-order valence-electron chi connectivity index (χ2n) is 7.05. The van der Waals surface area contributed by atoms with Crippen LogP contribution in [0.4, 0.5) is 18.9 Å². The number of para-hydroxylation sites is 1. The summed E-state index contributed by atoms with van der Waals surface area (Å²) in [5.74, 6) is -0.427. The standard InChI is InChI=1S/C23H20F3NO4S/c1-15-8-6-9-16(2)21(15)31-20(28)14-27-19-13-7-12-18(23(24,25)26)22(19)32(29,30)17-10-4-3-5-11-17/h3-13,27H,14H2,1-2H3. The highest BCUT2D eigenvalue weighted by atomic mass is 32.2. The van der Waals surface area contributed by atoms with Crippen LogP contribution in [0, 0.1) is 13.8 Å². The number of carbonyl (C=O) groups is 1. The Bertz CT molecular complexity index is 1220. The Balaban J connectivity index is 1.96.